The Balaban J connectivity index is 1.81. The van der Waals surface area contributed by atoms with Crippen molar-refractivity contribution in [3.63, 3.8) is 0 Å². The number of carbonyl (C=O) groups is 2. The third-order valence-corrected chi connectivity index (χ3v) is 6.45. The highest BCUT2D eigenvalue weighted by molar-refractivity contribution is 7.88. The lowest BCUT2D eigenvalue weighted by Crippen LogP contribution is -2.38. The van der Waals surface area contributed by atoms with E-state index in [4.69, 9.17) is 4.74 Å². The minimum absolute atomic E-state index is 0.00317. The first-order valence-electron chi connectivity index (χ1n) is 10.0. The summed E-state index contributed by atoms with van der Waals surface area (Å²) in [5, 5.41) is 5.57. The van der Waals surface area contributed by atoms with Gasteiger partial charge < -0.3 is 15.4 Å². The SMILES string of the molecule is CN(C(C(=O)Nc1ccccc1C(=O)NCC1CCCO1)c1ccccc1)S(C)(=O)=O. The van der Waals surface area contributed by atoms with Gasteiger partial charge in [0.05, 0.1) is 23.6 Å². The van der Waals surface area contributed by atoms with E-state index in [0.29, 0.717) is 30.0 Å². The fraction of sp³-hybridized carbons (Fsp3) is 0.364. The molecule has 31 heavy (non-hydrogen) atoms. The van der Waals surface area contributed by atoms with E-state index in [-0.39, 0.29) is 12.0 Å². The molecule has 1 fully saturated rings. The smallest absolute Gasteiger partial charge is 0.253 e. The van der Waals surface area contributed by atoms with E-state index in [1.54, 1.807) is 54.6 Å². The Labute approximate surface area is 182 Å². The first-order valence-corrected chi connectivity index (χ1v) is 11.9. The number of likely N-dealkylation sites (N-methyl/N-ethyl adjacent to an activating group) is 1. The summed E-state index contributed by atoms with van der Waals surface area (Å²) in [6.45, 7) is 1.09. The number of para-hydroxylation sites is 1. The van der Waals surface area contributed by atoms with Crippen molar-refractivity contribution in [2.75, 3.05) is 31.8 Å². The van der Waals surface area contributed by atoms with Crippen molar-refractivity contribution in [1.82, 2.24) is 9.62 Å². The van der Waals surface area contributed by atoms with Crippen LogP contribution in [0.4, 0.5) is 5.69 Å². The van der Waals surface area contributed by atoms with Crippen LogP contribution in [-0.4, -0.2) is 57.1 Å². The Morgan fingerprint density at radius 2 is 1.81 bits per heavy atom. The monoisotopic (exact) mass is 445 g/mol. The normalized spacial score (nSPS) is 17.3. The van der Waals surface area contributed by atoms with Gasteiger partial charge in [-0.25, -0.2) is 8.42 Å². The lowest BCUT2D eigenvalue weighted by Gasteiger charge is -2.26. The molecule has 1 aliphatic rings. The van der Waals surface area contributed by atoms with Crippen LogP contribution in [0.3, 0.4) is 0 Å². The molecule has 2 atom stereocenters. The van der Waals surface area contributed by atoms with Crippen LogP contribution in [-0.2, 0) is 19.6 Å². The Kier molecular flexibility index (Phi) is 7.42. The fourth-order valence-corrected chi connectivity index (χ4v) is 4.05. The fourth-order valence-electron chi connectivity index (χ4n) is 3.45. The summed E-state index contributed by atoms with van der Waals surface area (Å²) in [6, 6.07) is 14.2. The molecule has 166 valence electrons. The van der Waals surface area contributed by atoms with E-state index >= 15 is 0 Å². The van der Waals surface area contributed by atoms with Crippen molar-refractivity contribution in [3.05, 3.63) is 65.7 Å². The van der Waals surface area contributed by atoms with E-state index in [0.717, 1.165) is 23.4 Å². The zero-order valence-electron chi connectivity index (χ0n) is 17.6. The van der Waals surface area contributed by atoms with Gasteiger partial charge in [0, 0.05) is 20.2 Å². The minimum atomic E-state index is -3.65. The first kappa shape index (κ1) is 22.9. The third-order valence-electron chi connectivity index (χ3n) is 5.19. The second-order valence-electron chi connectivity index (χ2n) is 7.47. The van der Waals surface area contributed by atoms with Gasteiger partial charge in [0.15, 0.2) is 0 Å². The molecule has 2 unspecified atom stereocenters. The highest BCUT2D eigenvalue weighted by Crippen LogP contribution is 2.25. The first-order chi connectivity index (χ1) is 14.8. The number of ether oxygens (including phenoxy) is 1. The van der Waals surface area contributed by atoms with Gasteiger partial charge in [-0.2, -0.15) is 4.31 Å². The molecule has 0 bridgehead atoms. The summed E-state index contributed by atoms with van der Waals surface area (Å²) in [7, 11) is -2.30. The third kappa shape index (κ3) is 5.90. The molecule has 1 saturated heterocycles. The van der Waals surface area contributed by atoms with Gasteiger partial charge in [0.1, 0.15) is 6.04 Å². The van der Waals surface area contributed by atoms with Crippen molar-refractivity contribution in [2.24, 2.45) is 0 Å². The van der Waals surface area contributed by atoms with Crippen LogP contribution in [0.15, 0.2) is 54.6 Å². The topological polar surface area (TPSA) is 105 Å². The Morgan fingerprint density at radius 3 is 2.45 bits per heavy atom. The van der Waals surface area contributed by atoms with E-state index in [2.05, 4.69) is 10.6 Å². The largest absolute Gasteiger partial charge is 0.376 e. The van der Waals surface area contributed by atoms with E-state index in [1.807, 2.05) is 0 Å². The highest BCUT2D eigenvalue weighted by atomic mass is 32.2. The maximum absolute atomic E-state index is 13.2. The van der Waals surface area contributed by atoms with Crippen molar-refractivity contribution in [2.45, 2.75) is 25.0 Å². The number of carbonyl (C=O) groups excluding carboxylic acids is 2. The molecule has 9 heteroatoms. The Hall–Kier alpha value is -2.75. The van der Waals surface area contributed by atoms with Gasteiger partial charge >= 0.3 is 0 Å². The average molecular weight is 446 g/mol. The number of benzene rings is 2. The number of hydrogen-bond donors (Lipinski definition) is 2. The van der Waals surface area contributed by atoms with Gasteiger partial charge in [0.2, 0.25) is 15.9 Å². The van der Waals surface area contributed by atoms with Crippen molar-refractivity contribution in [1.29, 1.82) is 0 Å². The summed E-state index contributed by atoms with van der Waals surface area (Å²) >= 11 is 0. The van der Waals surface area contributed by atoms with E-state index < -0.39 is 22.0 Å². The molecule has 8 nitrogen and oxygen atoms in total. The maximum Gasteiger partial charge on any atom is 0.253 e. The number of anilines is 1. The second kappa shape index (κ2) is 10.0. The number of sulfonamides is 1. The summed E-state index contributed by atoms with van der Waals surface area (Å²) in [5.41, 5.74) is 1.12. The number of rotatable bonds is 8. The van der Waals surface area contributed by atoms with Gasteiger partial charge in [-0.05, 0) is 30.5 Å². The minimum Gasteiger partial charge on any atom is -0.376 e. The van der Waals surface area contributed by atoms with Crippen molar-refractivity contribution >= 4 is 27.5 Å². The average Bonchev–Trinajstić information content (AvgIpc) is 3.26. The van der Waals surface area contributed by atoms with Crippen LogP contribution in [0.25, 0.3) is 0 Å². The van der Waals surface area contributed by atoms with Crippen LogP contribution in [0, 0.1) is 0 Å². The predicted molar refractivity (Wildman–Crippen MR) is 118 cm³/mol. The standard InChI is InChI=1S/C22H27N3O5S/c1-25(31(2,28)29)20(16-9-4-3-5-10-16)22(27)24-19-13-7-6-12-18(19)21(26)23-15-17-11-8-14-30-17/h3-7,9-10,12-13,17,20H,8,11,14-15H2,1-2H3,(H,23,26)(H,24,27). The van der Waals surface area contributed by atoms with Gasteiger partial charge in [-0.15, -0.1) is 0 Å². The quantitative estimate of drug-likeness (QED) is 0.648. The van der Waals surface area contributed by atoms with Crippen LogP contribution in [0.2, 0.25) is 0 Å². The zero-order chi connectivity index (χ0) is 22.4. The summed E-state index contributed by atoms with van der Waals surface area (Å²) in [4.78, 5) is 25.9. The van der Waals surface area contributed by atoms with Gasteiger partial charge in [-0.3, -0.25) is 9.59 Å². The maximum atomic E-state index is 13.2. The number of nitrogens with one attached hydrogen (secondary N) is 2. The van der Waals surface area contributed by atoms with Crippen LogP contribution in [0.5, 0.6) is 0 Å². The lowest BCUT2D eigenvalue weighted by atomic mass is 10.1. The van der Waals surface area contributed by atoms with E-state index in [9.17, 15) is 18.0 Å². The molecule has 2 amide bonds. The second-order valence-corrected chi connectivity index (χ2v) is 9.51. The number of hydrogen-bond acceptors (Lipinski definition) is 5. The summed E-state index contributed by atoms with van der Waals surface area (Å²) in [6.07, 6.45) is 2.91. The molecule has 3 rings (SSSR count). The van der Waals surface area contributed by atoms with Crippen LogP contribution in [0.1, 0.15) is 34.8 Å². The number of amides is 2. The molecule has 0 aliphatic carbocycles. The lowest BCUT2D eigenvalue weighted by molar-refractivity contribution is -0.119. The molecule has 2 aromatic rings. The summed E-state index contributed by atoms with van der Waals surface area (Å²) in [5.74, 6) is -0.891. The zero-order valence-corrected chi connectivity index (χ0v) is 18.4. The van der Waals surface area contributed by atoms with E-state index in [1.165, 1.54) is 7.05 Å². The highest BCUT2D eigenvalue weighted by Gasteiger charge is 2.31. The molecular weight excluding hydrogens is 418 g/mol. The summed E-state index contributed by atoms with van der Waals surface area (Å²) < 4.78 is 30.9. The predicted octanol–water partition coefficient (Wildman–Crippen LogP) is 2.17. The molecule has 2 N–H and O–H groups in total. The molecule has 0 spiro atoms. The van der Waals surface area contributed by atoms with Crippen LogP contribution < -0.4 is 10.6 Å². The Bertz CT molecular complexity index is 1020. The molecule has 0 aromatic heterocycles. The molecule has 2 aromatic carbocycles. The number of nitrogens with zero attached hydrogens (tertiary/aromatic N) is 1. The Morgan fingerprint density at radius 1 is 1.13 bits per heavy atom. The van der Waals surface area contributed by atoms with Crippen molar-refractivity contribution < 1.29 is 22.7 Å². The molecule has 0 saturated carbocycles. The molecular formula is C22H27N3O5S. The van der Waals surface area contributed by atoms with Gasteiger partial charge in [0.25, 0.3) is 5.91 Å². The van der Waals surface area contributed by atoms with Crippen LogP contribution >= 0.6 is 0 Å². The molecule has 0 radical (unpaired) electrons. The van der Waals surface area contributed by atoms with Gasteiger partial charge in [-0.1, -0.05) is 42.5 Å². The van der Waals surface area contributed by atoms with Crippen molar-refractivity contribution in [3.8, 4) is 0 Å². The molecule has 1 aliphatic heterocycles. The molecule has 1 heterocycles.